The van der Waals surface area contributed by atoms with Gasteiger partial charge in [-0.1, -0.05) is 103 Å². The van der Waals surface area contributed by atoms with Crippen LogP contribution in [0, 0.1) is 0 Å². The molecule has 37 heavy (non-hydrogen) atoms. The van der Waals surface area contributed by atoms with Crippen molar-refractivity contribution < 1.29 is 14.4 Å². The van der Waals surface area contributed by atoms with Gasteiger partial charge < -0.3 is 0 Å². The molecule has 0 spiro atoms. The summed E-state index contributed by atoms with van der Waals surface area (Å²) in [7, 11) is 0. The van der Waals surface area contributed by atoms with Crippen molar-refractivity contribution in [3.63, 3.8) is 0 Å². The minimum Gasteiger partial charge on any atom is -0.286 e. The molecule has 0 bridgehead atoms. The second-order valence-electron chi connectivity index (χ2n) is 9.03. The van der Waals surface area contributed by atoms with E-state index in [4.69, 9.17) is 0 Å². The predicted octanol–water partition coefficient (Wildman–Crippen LogP) is 4.63. The Hall–Kier alpha value is -4.55. The first-order valence-electron chi connectivity index (χ1n) is 12.2. The van der Waals surface area contributed by atoms with Crippen LogP contribution in [0.5, 0.6) is 0 Å². The van der Waals surface area contributed by atoms with Crippen LogP contribution in [0.4, 0.5) is 0 Å². The molecule has 1 aliphatic heterocycles. The lowest BCUT2D eigenvalue weighted by Crippen LogP contribution is -2.54. The van der Waals surface area contributed by atoms with Crippen molar-refractivity contribution >= 4 is 17.7 Å². The van der Waals surface area contributed by atoms with Crippen LogP contribution in [0.2, 0.25) is 0 Å². The Labute approximate surface area is 216 Å². The highest BCUT2D eigenvalue weighted by Gasteiger charge is 2.43. The van der Waals surface area contributed by atoms with Gasteiger partial charge in [0, 0.05) is 19.5 Å². The Kier molecular flexibility index (Phi) is 7.19. The summed E-state index contributed by atoms with van der Waals surface area (Å²) in [5.74, 6) is -1.31. The molecule has 6 heteroatoms. The first kappa shape index (κ1) is 24.2. The number of hydrogen-bond acceptors (Lipinski definition) is 4. The summed E-state index contributed by atoms with van der Waals surface area (Å²) in [6, 6.07) is 34.8. The van der Waals surface area contributed by atoms with Gasteiger partial charge in [-0.05, 0) is 28.8 Å². The fourth-order valence-electron chi connectivity index (χ4n) is 4.60. The Balaban J connectivity index is 1.44. The van der Waals surface area contributed by atoms with Crippen LogP contribution in [0.1, 0.15) is 37.4 Å². The zero-order chi connectivity index (χ0) is 25.6. The maximum Gasteiger partial charge on any atom is 0.262 e. The smallest absolute Gasteiger partial charge is 0.262 e. The standard InChI is InChI=1S/C31H27N3O3/c35-29(32-33(21-24-14-6-2-7-15-24)22-25-16-8-3-9-17-25)28(20-23-12-4-1-5-13-23)34-30(36)26-18-10-11-19-27(26)31(34)37/h1-19,28H,20-22H2,(H,32,35). The van der Waals surface area contributed by atoms with Gasteiger partial charge in [0.15, 0.2) is 0 Å². The van der Waals surface area contributed by atoms with Gasteiger partial charge in [-0.15, -0.1) is 0 Å². The highest BCUT2D eigenvalue weighted by molar-refractivity contribution is 6.22. The summed E-state index contributed by atoms with van der Waals surface area (Å²) in [6.45, 7) is 0.920. The molecule has 4 aromatic carbocycles. The summed E-state index contributed by atoms with van der Waals surface area (Å²) in [5.41, 5.74) is 6.59. The minimum atomic E-state index is -1.01. The number of nitrogens with one attached hydrogen (secondary N) is 1. The average Bonchev–Trinajstić information content (AvgIpc) is 3.18. The molecule has 0 saturated carbocycles. The molecule has 184 valence electrons. The number of hydrogen-bond donors (Lipinski definition) is 1. The number of fused-ring (bicyclic) bond motifs is 1. The number of carbonyl (C=O) groups is 3. The number of rotatable bonds is 9. The number of amides is 3. The van der Waals surface area contributed by atoms with E-state index < -0.39 is 23.8 Å². The van der Waals surface area contributed by atoms with Gasteiger partial charge in [0.05, 0.1) is 11.1 Å². The molecule has 3 amide bonds. The number of carbonyl (C=O) groups excluding carboxylic acids is 3. The van der Waals surface area contributed by atoms with Gasteiger partial charge >= 0.3 is 0 Å². The second-order valence-corrected chi connectivity index (χ2v) is 9.03. The van der Waals surface area contributed by atoms with Crippen molar-refractivity contribution in [3.8, 4) is 0 Å². The Morgan fingerprint density at radius 2 is 1.03 bits per heavy atom. The highest BCUT2D eigenvalue weighted by atomic mass is 16.2. The largest absolute Gasteiger partial charge is 0.286 e. The van der Waals surface area contributed by atoms with Crippen LogP contribution in [-0.4, -0.2) is 33.7 Å². The Morgan fingerprint density at radius 1 is 0.622 bits per heavy atom. The highest BCUT2D eigenvalue weighted by Crippen LogP contribution is 2.26. The lowest BCUT2D eigenvalue weighted by molar-refractivity contribution is -0.130. The molecule has 0 fully saturated rings. The Bertz CT molecular complexity index is 1310. The molecular formula is C31H27N3O3. The summed E-state index contributed by atoms with van der Waals surface area (Å²) in [5, 5.41) is 1.82. The summed E-state index contributed by atoms with van der Waals surface area (Å²) in [4.78, 5) is 41.6. The van der Waals surface area contributed by atoms with Crippen LogP contribution >= 0.6 is 0 Å². The van der Waals surface area contributed by atoms with Crippen LogP contribution in [-0.2, 0) is 24.3 Å². The van der Waals surface area contributed by atoms with E-state index in [-0.39, 0.29) is 6.42 Å². The van der Waals surface area contributed by atoms with E-state index in [1.54, 1.807) is 24.3 Å². The van der Waals surface area contributed by atoms with Crippen molar-refractivity contribution in [2.24, 2.45) is 0 Å². The van der Waals surface area contributed by atoms with E-state index in [0.717, 1.165) is 21.6 Å². The molecule has 1 N–H and O–H groups in total. The van der Waals surface area contributed by atoms with Gasteiger partial charge in [0.25, 0.3) is 17.7 Å². The van der Waals surface area contributed by atoms with Gasteiger partial charge in [-0.3, -0.25) is 24.7 Å². The first-order chi connectivity index (χ1) is 18.1. The topological polar surface area (TPSA) is 69.7 Å². The third kappa shape index (κ3) is 5.50. The van der Waals surface area contributed by atoms with E-state index in [1.165, 1.54) is 0 Å². The van der Waals surface area contributed by atoms with Crippen molar-refractivity contribution in [1.82, 2.24) is 15.3 Å². The van der Waals surface area contributed by atoms with E-state index >= 15 is 0 Å². The number of nitrogens with zero attached hydrogens (tertiary/aromatic N) is 2. The molecule has 4 aromatic rings. The molecule has 6 nitrogen and oxygen atoms in total. The molecule has 1 aliphatic rings. The van der Waals surface area contributed by atoms with Gasteiger partial charge in [-0.25, -0.2) is 5.01 Å². The van der Waals surface area contributed by atoms with Crippen molar-refractivity contribution in [3.05, 3.63) is 143 Å². The van der Waals surface area contributed by atoms with Crippen LogP contribution in [0.15, 0.2) is 115 Å². The molecule has 1 unspecified atom stereocenters. The number of benzene rings is 4. The average molecular weight is 490 g/mol. The zero-order valence-corrected chi connectivity index (χ0v) is 20.3. The monoisotopic (exact) mass is 489 g/mol. The molecule has 0 radical (unpaired) electrons. The van der Waals surface area contributed by atoms with Gasteiger partial charge in [-0.2, -0.15) is 0 Å². The summed E-state index contributed by atoms with van der Waals surface area (Å²) < 4.78 is 0. The Morgan fingerprint density at radius 3 is 1.49 bits per heavy atom. The molecule has 0 aromatic heterocycles. The van der Waals surface area contributed by atoms with E-state index in [9.17, 15) is 14.4 Å². The molecule has 0 aliphatic carbocycles. The van der Waals surface area contributed by atoms with Crippen molar-refractivity contribution in [2.75, 3.05) is 0 Å². The number of imide groups is 1. The normalized spacial score (nSPS) is 13.5. The molecule has 1 atom stereocenters. The van der Waals surface area contributed by atoms with Crippen LogP contribution in [0.25, 0.3) is 0 Å². The lowest BCUT2D eigenvalue weighted by atomic mass is 10.0. The first-order valence-corrected chi connectivity index (χ1v) is 12.2. The van der Waals surface area contributed by atoms with Gasteiger partial charge in [0.1, 0.15) is 6.04 Å². The second kappa shape index (κ2) is 11.0. The SMILES string of the molecule is O=C(NN(Cc1ccccc1)Cc1ccccc1)C(Cc1ccccc1)N1C(=O)c2ccccc2C1=O. The van der Waals surface area contributed by atoms with Crippen molar-refractivity contribution in [1.29, 1.82) is 0 Å². The van der Waals surface area contributed by atoms with E-state index in [2.05, 4.69) is 5.43 Å². The molecule has 5 rings (SSSR count). The maximum absolute atomic E-state index is 13.9. The summed E-state index contributed by atoms with van der Waals surface area (Å²) >= 11 is 0. The zero-order valence-electron chi connectivity index (χ0n) is 20.3. The van der Waals surface area contributed by atoms with Crippen LogP contribution in [0.3, 0.4) is 0 Å². The van der Waals surface area contributed by atoms with E-state index in [0.29, 0.717) is 24.2 Å². The minimum absolute atomic E-state index is 0.211. The lowest BCUT2D eigenvalue weighted by Gasteiger charge is -2.30. The third-order valence-electron chi connectivity index (χ3n) is 6.41. The predicted molar refractivity (Wildman–Crippen MR) is 141 cm³/mol. The van der Waals surface area contributed by atoms with Gasteiger partial charge in [0.2, 0.25) is 0 Å². The quantitative estimate of drug-likeness (QED) is 0.275. The molecular weight excluding hydrogens is 462 g/mol. The summed E-state index contributed by atoms with van der Waals surface area (Å²) in [6.07, 6.45) is 0.211. The third-order valence-corrected chi connectivity index (χ3v) is 6.41. The maximum atomic E-state index is 13.9. The number of hydrazine groups is 1. The van der Waals surface area contributed by atoms with E-state index in [1.807, 2.05) is 96.0 Å². The van der Waals surface area contributed by atoms with Crippen LogP contribution < -0.4 is 5.43 Å². The molecule has 1 heterocycles. The fourth-order valence-corrected chi connectivity index (χ4v) is 4.60. The fraction of sp³-hybridized carbons (Fsp3) is 0.129. The van der Waals surface area contributed by atoms with Crippen molar-refractivity contribution in [2.45, 2.75) is 25.6 Å². The molecule has 0 saturated heterocycles.